The first-order valence-corrected chi connectivity index (χ1v) is 12.2. The van der Waals surface area contributed by atoms with Crippen molar-refractivity contribution in [3.63, 3.8) is 0 Å². The molecule has 0 unspecified atom stereocenters. The minimum absolute atomic E-state index is 0.318. The van der Waals surface area contributed by atoms with Crippen LogP contribution >= 0.6 is 11.8 Å². The first-order valence-electron chi connectivity index (χ1n) is 11.2. The monoisotopic (exact) mass is 467 g/mol. The number of carbonyl (C=O) groups excluding carboxylic acids is 1. The lowest BCUT2D eigenvalue weighted by Crippen LogP contribution is -2.39. The number of morpholine rings is 1. The van der Waals surface area contributed by atoms with Crippen LogP contribution in [0.4, 0.5) is 5.82 Å². The molecule has 2 aliphatic heterocycles. The van der Waals surface area contributed by atoms with Crippen LogP contribution in [0.1, 0.15) is 43.0 Å². The first kappa shape index (κ1) is 23.6. The van der Waals surface area contributed by atoms with E-state index in [1.807, 2.05) is 18.2 Å². The average Bonchev–Trinajstić information content (AvgIpc) is 2.78. The number of anilines is 1. The van der Waals surface area contributed by atoms with Gasteiger partial charge in [0.15, 0.2) is 0 Å². The third kappa shape index (κ3) is 5.67. The van der Waals surface area contributed by atoms with Gasteiger partial charge in [0.25, 0.3) is 0 Å². The van der Waals surface area contributed by atoms with Crippen LogP contribution in [0.25, 0.3) is 0 Å². The highest BCUT2D eigenvalue weighted by atomic mass is 32.2. The Morgan fingerprint density at radius 1 is 1.30 bits per heavy atom. The predicted octanol–water partition coefficient (Wildman–Crippen LogP) is 3.90. The van der Waals surface area contributed by atoms with Gasteiger partial charge in [-0.05, 0) is 43.5 Å². The molecular formula is C25H29N3O4S. The van der Waals surface area contributed by atoms with Gasteiger partial charge in [0.1, 0.15) is 22.7 Å². The van der Waals surface area contributed by atoms with Gasteiger partial charge in [0.2, 0.25) is 0 Å². The molecule has 0 spiro atoms. The molecule has 0 radical (unpaired) electrons. The summed E-state index contributed by atoms with van der Waals surface area (Å²) in [5.41, 5.74) is 3.51. The molecule has 0 amide bonds. The number of fused-ring (bicyclic) bond motifs is 1. The van der Waals surface area contributed by atoms with E-state index in [-0.39, 0.29) is 11.6 Å². The molecule has 3 heterocycles. The lowest BCUT2D eigenvalue weighted by molar-refractivity contribution is -0.131. The van der Waals surface area contributed by atoms with E-state index < -0.39 is 0 Å². The van der Waals surface area contributed by atoms with Gasteiger partial charge in [0.05, 0.1) is 31.0 Å². The molecule has 0 bridgehead atoms. The van der Waals surface area contributed by atoms with Crippen molar-refractivity contribution in [3.05, 3.63) is 46.5 Å². The Morgan fingerprint density at radius 2 is 2.09 bits per heavy atom. The van der Waals surface area contributed by atoms with Gasteiger partial charge in [-0.3, -0.25) is 4.79 Å². The van der Waals surface area contributed by atoms with E-state index in [9.17, 15) is 10.1 Å². The number of esters is 1. The van der Waals surface area contributed by atoms with Gasteiger partial charge < -0.3 is 19.1 Å². The number of benzene rings is 1. The predicted molar refractivity (Wildman–Crippen MR) is 127 cm³/mol. The van der Waals surface area contributed by atoms with Gasteiger partial charge in [-0.1, -0.05) is 12.1 Å². The summed E-state index contributed by atoms with van der Waals surface area (Å²) in [7, 11) is 0. The first-order chi connectivity index (χ1) is 15.9. The van der Waals surface area contributed by atoms with E-state index in [0.29, 0.717) is 37.6 Å². The van der Waals surface area contributed by atoms with Crippen LogP contribution in [-0.2, 0) is 33.7 Å². The van der Waals surface area contributed by atoms with Crippen molar-refractivity contribution in [2.75, 3.05) is 37.0 Å². The summed E-state index contributed by atoms with van der Waals surface area (Å²) >= 11 is 1.60. The minimum Gasteiger partial charge on any atom is -0.427 e. The summed E-state index contributed by atoms with van der Waals surface area (Å²) in [6.45, 7) is 8.89. The SMILES string of the molecule is CC(=O)Oc1cccc(CCSc2nc(N3CCOCC3)c3c(c2C#N)CC(C)(C)OC3)c1. The zero-order valence-corrected chi connectivity index (χ0v) is 20.2. The van der Waals surface area contributed by atoms with Crippen molar-refractivity contribution in [2.45, 2.75) is 50.8 Å². The number of aryl methyl sites for hydroxylation is 1. The van der Waals surface area contributed by atoms with Crippen molar-refractivity contribution in [2.24, 2.45) is 0 Å². The number of rotatable bonds is 6. The number of thioether (sulfide) groups is 1. The molecule has 1 fully saturated rings. The highest BCUT2D eigenvalue weighted by Crippen LogP contribution is 2.39. The zero-order valence-electron chi connectivity index (χ0n) is 19.3. The van der Waals surface area contributed by atoms with E-state index >= 15 is 0 Å². The summed E-state index contributed by atoms with van der Waals surface area (Å²) in [6, 6.07) is 9.98. The Labute approximate surface area is 199 Å². The Balaban J connectivity index is 1.59. The molecule has 1 saturated heterocycles. The molecule has 33 heavy (non-hydrogen) atoms. The van der Waals surface area contributed by atoms with E-state index in [2.05, 4.69) is 24.8 Å². The molecule has 0 atom stereocenters. The maximum absolute atomic E-state index is 11.2. The number of hydrogen-bond donors (Lipinski definition) is 0. The Bertz CT molecular complexity index is 1070. The summed E-state index contributed by atoms with van der Waals surface area (Å²) in [6.07, 6.45) is 1.45. The molecule has 2 aliphatic rings. The molecule has 0 aliphatic carbocycles. The molecule has 0 saturated carbocycles. The molecule has 8 heteroatoms. The van der Waals surface area contributed by atoms with Crippen LogP contribution in [0.2, 0.25) is 0 Å². The number of aromatic nitrogens is 1. The van der Waals surface area contributed by atoms with Crippen LogP contribution in [0.5, 0.6) is 5.75 Å². The summed E-state index contributed by atoms with van der Waals surface area (Å²) in [5, 5.41) is 10.8. The lowest BCUT2D eigenvalue weighted by Gasteiger charge is -2.36. The van der Waals surface area contributed by atoms with Crippen molar-refractivity contribution < 1.29 is 19.0 Å². The highest BCUT2D eigenvalue weighted by Gasteiger charge is 2.33. The second kappa shape index (κ2) is 10.1. The van der Waals surface area contributed by atoms with E-state index in [0.717, 1.165) is 52.8 Å². The average molecular weight is 468 g/mol. The lowest BCUT2D eigenvalue weighted by atomic mass is 9.89. The third-order valence-electron chi connectivity index (χ3n) is 5.78. The van der Waals surface area contributed by atoms with Crippen LogP contribution in [0, 0.1) is 11.3 Å². The third-order valence-corrected chi connectivity index (χ3v) is 6.76. The number of nitriles is 1. The van der Waals surface area contributed by atoms with E-state index in [1.165, 1.54) is 6.92 Å². The van der Waals surface area contributed by atoms with E-state index in [1.54, 1.807) is 17.8 Å². The normalized spacial score (nSPS) is 17.2. The zero-order chi connectivity index (χ0) is 23.4. The quantitative estimate of drug-likeness (QED) is 0.359. The van der Waals surface area contributed by atoms with Gasteiger partial charge in [-0.25, -0.2) is 4.98 Å². The fourth-order valence-corrected chi connectivity index (χ4v) is 5.17. The van der Waals surface area contributed by atoms with Crippen molar-refractivity contribution in [1.29, 1.82) is 5.26 Å². The van der Waals surface area contributed by atoms with Crippen molar-refractivity contribution in [1.82, 2.24) is 4.98 Å². The van der Waals surface area contributed by atoms with Gasteiger partial charge in [-0.2, -0.15) is 5.26 Å². The summed E-state index contributed by atoms with van der Waals surface area (Å²) in [5.74, 6) is 1.89. The fourth-order valence-electron chi connectivity index (χ4n) is 4.18. The van der Waals surface area contributed by atoms with E-state index in [4.69, 9.17) is 19.2 Å². The molecule has 4 rings (SSSR count). The molecule has 1 aromatic carbocycles. The highest BCUT2D eigenvalue weighted by molar-refractivity contribution is 7.99. The second-order valence-electron chi connectivity index (χ2n) is 8.85. The van der Waals surface area contributed by atoms with Crippen LogP contribution in [0.3, 0.4) is 0 Å². The molecule has 7 nitrogen and oxygen atoms in total. The van der Waals surface area contributed by atoms with Gasteiger partial charge in [0, 0.05) is 37.8 Å². The molecule has 2 aromatic rings. The van der Waals surface area contributed by atoms with Crippen LogP contribution in [0.15, 0.2) is 29.3 Å². The smallest absolute Gasteiger partial charge is 0.308 e. The van der Waals surface area contributed by atoms with Crippen LogP contribution in [-0.4, -0.2) is 48.6 Å². The van der Waals surface area contributed by atoms with Crippen molar-refractivity contribution >= 4 is 23.5 Å². The van der Waals surface area contributed by atoms with Crippen molar-refractivity contribution in [3.8, 4) is 11.8 Å². The molecule has 174 valence electrons. The minimum atomic E-state index is -0.332. The fraction of sp³-hybridized carbons (Fsp3) is 0.480. The van der Waals surface area contributed by atoms with Gasteiger partial charge >= 0.3 is 5.97 Å². The largest absolute Gasteiger partial charge is 0.427 e. The number of hydrogen-bond acceptors (Lipinski definition) is 8. The number of pyridine rings is 1. The number of nitrogens with zero attached hydrogens (tertiary/aromatic N) is 3. The summed E-state index contributed by atoms with van der Waals surface area (Å²) < 4.78 is 16.8. The number of carbonyl (C=O) groups is 1. The molecule has 1 aromatic heterocycles. The maximum atomic E-state index is 11.2. The molecule has 0 N–H and O–H groups in total. The van der Waals surface area contributed by atoms with Crippen LogP contribution < -0.4 is 9.64 Å². The Kier molecular flexibility index (Phi) is 7.23. The number of ether oxygens (including phenoxy) is 3. The summed E-state index contributed by atoms with van der Waals surface area (Å²) in [4.78, 5) is 18.5. The topological polar surface area (TPSA) is 84.7 Å². The Hall–Kier alpha value is -2.60. The standard InChI is InChI=1S/C25H29N3O4S/c1-17(29)32-19-6-4-5-18(13-19)7-12-33-24-21(15-26)20-14-25(2,3)31-16-22(20)23(27-24)28-8-10-30-11-9-28/h4-6,13H,7-12,14,16H2,1-3H3. The molecular weight excluding hydrogens is 438 g/mol. The Morgan fingerprint density at radius 3 is 2.82 bits per heavy atom. The second-order valence-corrected chi connectivity index (χ2v) is 9.93. The van der Waals surface area contributed by atoms with Gasteiger partial charge in [-0.15, -0.1) is 11.8 Å². The maximum Gasteiger partial charge on any atom is 0.308 e.